The third-order valence-electron chi connectivity index (χ3n) is 5.55. The Labute approximate surface area is 188 Å². The van der Waals surface area contributed by atoms with Gasteiger partial charge in [0.25, 0.3) is 0 Å². The fourth-order valence-electron chi connectivity index (χ4n) is 3.85. The van der Waals surface area contributed by atoms with Crippen LogP contribution in [-0.4, -0.2) is 60.2 Å². The minimum Gasteiger partial charge on any atom is -0.489 e. The molecular weight excluding hydrogens is 416 g/mol. The minimum absolute atomic E-state index is 0.0898. The Morgan fingerprint density at radius 1 is 1.10 bits per heavy atom. The average molecular weight is 445 g/mol. The number of carbonyl (C=O) groups excluding carboxylic acids is 1. The summed E-state index contributed by atoms with van der Waals surface area (Å²) in [5, 5.41) is 0.493. The maximum Gasteiger partial charge on any atom is 0.227 e. The van der Waals surface area contributed by atoms with Crippen LogP contribution in [-0.2, 0) is 11.2 Å². The van der Waals surface area contributed by atoms with E-state index < -0.39 is 0 Å². The zero-order chi connectivity index (χ0) is 22.0. The van der Waals surface area contributed by atoms with E-state index in [-0.39, 0.29) is 11.8 Å². The standard InChI is InChI=1S/C23H29ClN4O3/c1-15(2)23-25-16(3)11-20(26-23)27-5-7-28(8-6-27)21(29)14-17-12-18(24)22-19(13-17)30-9-4-10-31-22/h11-13,15H,4-10,14H2,1-3H3. The van der Waals surface area contributed by atoms with Crippen LogP contribution in [0.1, 0.15) is 43.3 Å². The number of aromatic nitrogens is 2. The van der Waals surface area contributed by atoms with Gasteiger partial charge < -0.3 is 19.3 Å². The van der Waals surface area contributed by atoms with Crippen molar-refractivity contribution in [2.24, 2.45) is 0 Å². The summed E-state index contributed by atoms with van der Waals surface area (Å²) in [6.07, 6.45) is 1.11. The molecule has 0 bridgehead atoms. The molecule has 166 valence electrons. The molecule has 0 spiro atoms. The number of halogens is 1. The first-order chi connectivity index (χ1) is 14.9. The van der Waals surface area contributed by atoms with Gasteiger partial charge in [-0.25, -0.2) is 9.97 Å². The quantitative estimate of drug-likeness (QED) is 0.717. The number of rotatable bonds is 4. The van der Waals surface area contributed by atoms with Crippen molar-refractivity contribution in [3.05, 3.63) is 40.3 Å². The van der Waals surface area contributed by atoms with Crippen molar-refractivity contribution >= 4 is 23.3 Å². The van der Waals surface area contributed by atoms with Crippen LogP contribution in [0.2, 0.25) is 5.02 Å². The second-order valence-corrected chi connectivity index (χ2v) is 8.79. The van der Waals surface area contributed by atoms with Gasteiger partial charge in [0.2, 0.25) is 5.91 Å². The van der Waals surface area contributed by atoms with Crippen LogP contribution in [0.3, 0.4) is 0 Å². The van der Waals surface area contributed by atoms with E-state index in [0.717, 1.165) is 42.4 Å². The SMILES string of the molecule is Cc1cc(N2CCN(C(=O)Cc3cc(Cl)c4c(c3)OCCCO4)CC2)nc(C(C)C)n1. The molecule has 2 aromatic rings. The first kappa shape index (κ1) is 21.7. The molecule has 0 saturated carbocycles. The molecular formula is C23H29ClN4O3. The Hall–Kier alpha value is -2.54. The highest BCUT2D eigenvalue weighted by molar-refractivity contribution is 6.32. The van der Waals surface area contributed by atoms with Crippen molar-refractivity contribution in [1.82, 2.24) is 14.9 Å². The van der Waals surface area contributed by atoms with Gasteiger partial charge in [-0.3, -0.25) is 4.79 Å². The Morgan fingerprint density at radius 2 is 1.84 bits per heavy atom. The molecule has 2 aliphatic heterocycles. The van der Waals surface area contributed by atoms with Gasteiger partial charge >= 0.3 is 0 Å². The van der Waals surface area contributed by atoms with Crippen LogP contribution in [0.25, 0.3) is 0 Å². The van der Waals surface area contributed by atoms with E-state index in [4.69, 9.17) is 26.1 Å². The van der Waals surface area contributed by atoms with Crippen molar-refractivity contribution in [3.63, 3.8) is 0 Å². The van der Waals surface area contributed by atoms with E-state index >= 15 is 0 Å². The molecule has 3 heterocycles. The monoisotopic (exact) mass is 444 g/mol. The van der Waals surface area contributed by atoms with Crippen LogP contribution >= 0.6 is 11.6 Å². The van der Waals surface area contributed by atoms with Crippen molar-refractivity contribution in [2.45, 2.75) is 39.5 Å². The molecule has 8 heteroatoms. The molecule has 1 saturated heterocycles. The number of fused-ring (bicyclic) bond motifs is 1. The number of hydrogen-bond donors (Lipinski definition) is 0. The number of nitrogens with zero attached hydrogens (tertiary/aromatic N) is 4. The highest BCUT2D eigenvalue weighted by Gasteiger charge is 2.24. The summed E-state index contributed by atoms with van der Waals surface area (Å²) in [7, 11) is 0. The smallest absolute Gasteiger partial charge is 0.227 e. The van der Waals surface area contributed by atoms with Gasteiger partial charge in [0, 0.05) is 50.3 Å². The molecule has 0 atom stereocenters. The number of ether oxygens (including phenoxy) is 2. The predicted molar refractivity (Wildman–Crippen MR) is 120 cm³/mol. The maximum absolute atomic E-state index is 12.9. The number of hydrogen-bond acceptors (Lipinski definition) is 6. The van der Waals surface area contributed by atoms with Crippen LogP contribution in [0.15, 0.2) is 18.2 Å². The second kappa shape index (κ2) is 9.30. The Balaban J connectivity index is 1.39. The molecule has 4 rings (SSSR count). The van der Waals surface area contributed by atoms with Crippen molar-refractivity contribution in [3.8, 4) is 11.5 Å². The molecule has 7 nitrogen and oxygen atoms in total. The fourth-order valence-corrected chi connectivity index (χ4v) is 4.14. The summed E-state index contributed by atoms with van der Waals surface area (Å²) < 4.78 is 11.4. The number of aryl methyl sites for hydroxylation is 1. The summed E-state index contributed by atoms with van der Waals surface area (Å²) in [4.78, 5) is 26.3. The Kier molecular flexibility index (Phi) is 6.51. The lowest BCUT2D eigenvalue weighted by Crippen LogP contribution is -2.49. The minimum atomic E-state index is 0.0898. The summed E-state index contributed by atoms with van der Waals surface area (Å²) in [5.41, 5.74) is 1.81. The third-order valence-corrected chi connectivity index (χ3v) is 5.83. The van der Waals surface area contributed by atoms with E-state index in [1.54, 1.807) is 6.07 Å². The summed E-state index contributed by atoms with van der Waals surface area (Å²) in [5.74, 6) is 3.37. The van der Waals surface area contributed by atoms with Crippen LogP contribution < -0.4 is 14.4 Å². The van der Waals surface area contributed by atoms with E-state index in [9.17, 15) is 4.79 Å². The van der Waals surface area contributed by atoms with Crippen molar-refractivity contribution in [2.75, 3.05) is 44.3 Å². The summed E-state index contributed by atoms with van der Waals surface area (Å²) in [6, 6.07) is 5.70. The molecule has 0 aliphatic carbocycles. The molecule has 0 unspecified atom stereocenters. The number of piperazine rings is 1. The zero-order valence-corrected chi connectivity index (χ0v) is 19.1. The third kappa shape index (κ3) is 5.03. The van der Waals surface area contributed by atoms with Crippen molar-refractivity contribution in [1.29, 1.82) is 0 Å². The first-order valence-electron chi connectivity index (χ1n) is 10.9. The highest BCUT2D eigenvalue weighted by Crippen LogP contribution is 2.38. The predicted octanol–water partition coefficient (Wildman–Crippen LogP) is 3.61. The van der Waals surface area contributed by atoms with Gasteiger partial charge in [-0.2, -0.15) is 0 Å². The number of anilines is 1. The highest BCUT2D eigenvalue weighted by atomic mass is 35.5. The van der Waals surface area contributed by atoms with Crippen LogP contribution in [0, 0.1) is 6.92 Å². The van der Waals surface area contributed by atoms with Gasteiger partial charge in [-0.15, -0.1) is 0 Å². The Bertz CT molecular complexity index is 958. The number of benzene rings is 1. The van der Waals surface area contributed by atoms with Gasteiger partial charge in [0.1, 0.15) is 11.6 Å². The maximum atomic E-state index is 12.9. The lowest BCUT2D eigenvalue weighted by molar-refractivity contribution is -0.130. The lowest BCUT2D eigenvalue weighted by Gasteiger charge is -2.35. The second-order valence-electron chi connectivity index (χ2n) is 8.38. The van der Waals surface area contributed by atoms with Crippen LogP contribution in [0.5, 0.6) is 11.5 Å². The molecule has 0 radical (unpaired) electrons. The summed E-state index contributed by atoms with van der Waals surface area (Å²) in [6.45, 7) is 10.2. The summed E-state index contributed by atoms with van der Waals surface area (Å²) >= 11 is 6.38. The van der Waals surface area contributed by atoms with E-state index in [1.165, 1.54) is 0 Å². The van der Waals surface area contributed by atoms with E-state index in [2.05, 4.69) is 23.7 Å². The normalized spacial score (nSPS) is 16.4. The largest absolute Gasteiger partial charge is 0.489 e. The number of amides is 1. The molecule has 1 aromatic heterocycles. The lowest BCUT2D eigenvalue weighted by atomic mass is 10.1. The van der Waals surface area contributed by atoms with Gasteiger partial charge in [-0.05, 0) is 24.6 Å². The fraction of sp³-hybridized carbons (Fsp3) is 0.522. The van der Waals surface area contributed by atoms with Crippen LogP contribution in [0.4, 0.5) is 5.82 Å². The molecule has 0 N–H and O–H groups in total. The molecule has 1 aromatic carbocycles. The Morgan fingerprint density at radius 3 is 2.58 bits per heavy atom. The average Bonchev–Trinajstić information content (AvgIpc) is 2.99. The molecule has 1 fully saturated rings. The first-order valence-corrected chi connectivity index (χ1v) is 11.2. The van der Waals surface area contributed by atoms with Gasteiger partial charge in [0.15, 0.2) is 11.5 Å². The molecule has 31 heavy (non-hydrogen) atoms. The van der Waals surface area contributed by atoms with Gasteiger partial charge in [0.05, 0.1) is 24.7 Å². The number of carbonyl (C=O) groups is 1. The topological polar surface area (TPSA) is 67.8 Å². The molecule has 2 aliphatic rings. The molecule has 1 amide bonds. The van der Waals surface area contributed by atoms with E-state index in [1.807, 2.05) is 24.0 Å². The van der Waals surface area contributed by atoms with Crippen molar-refractivity contribution < 1.29 is 14.3 Å². The van der Waals surface area contributed by atoms with Gasteiger partial charge in [-0.1, -0.05) is 25.4 Å². The van der Waals surface area contributed by atoms with E-state index in [0.29, 0.717) is 49.2 Å². The zero-order valence-electron chi connectivity index (χ0n) is 18.4.